The van der Waals surface area contributed by atoms with Crippen LogP contribution in [0, 0.1) is 5.92 Å². The van der Waals surface area contributed by atoms with Gasteiger partial charge in [0.2, 0.25) is 0 Å². The van der Waals surface area contributed by atoms with Gasteiger partial charge in [-0.05, 0) is 24.1 Å². The summed E-state index contributed by atoms with van der Waals surface area (Å²) in [6.07, 6.45) is 2.68. The number of Topliss-reactive ketones (excluding diaryl/α,β-unsaturated/α-hetero) is 1. The van der Waals surface area contributed by atoms with Gasteiger partial charge in [-0.1, -0.05) is 19.9 Å². The number of carbonyl (C=O) groups is 1. The minimum Gasteiger partial charge on any atom is -0.293 e. The summed E-state index contributed by atoms with van der Waals surface area (Å²) in [5.74, 6) is 0.111. The Bertz CT molecular complexity index is 407. The summed E-state index contributed by atoms with van der Waals surface area (Å²) in [4.78, 5) is 16.0. The fourth-order valence-corrected chi connectivity index (χ4v) is 1.62. The zero-order valence-corrected chi connectivity index (χ0v) is 8.45. The molecule has 2 heteroatoms. The molecule has 14 heavy (non-hydrogen) atoms. The number of fused-ring (bicyclic) bond motifs is 1. The molecule has 2 rings (SSSR count). The maximum absolute atomic E-state index is 11.8. The molecule has 2 nitrogen and oxygen atoms in total. The first kappa shape index (κ1) is 9.13. The number of aryl methyl sites for hydroxylation is 1. The molecule has 0 amide bonds. The quantitative estimate of drug-likeness (QED) is 0.664. The lowest BCUT2D eigenvalue weighted by Crippen LogP contribution is -2.16. The van der Waals surface area contributed by atoms with Crippen LogP contribution in [0.2, 0.25) is 0 Å². The zero-order chi connectivity index (χ0) is 10.1. The predicted octanol–water partition coefficient (Wildman–Crippen LogP) is 2.78. The number of carbonyl (C=O) groups excluding carboxylic acids is 1. The average molecular weight is 187 g/mol. The van der Waals surface area contributed by atoms with Crippen molar-refractivity contribution in [3.63, 3.8) is 0 Å². The Morgan fingerprint density at radius 2 is 2.21 bits per heavy atom. The number of hydrogen-bond donors (Lipinski definition) is 0. The van der Waals surface area contributed by atoms with Crippen LogP contribution in [0.25, 0.3) is 0 Å². The van der Waals surface area contributed by atoms with E-state index in [9.17, 15) is 4.79 Å². The Morgan fingerprint density at radius 3 is 2.93 bits per heavy atom. The van der Waals surface area contributed by atoms with Crippen molar-refractivity contribution in [2.24, 2.45) is 10.9 Å². The van der Waals surface area contributed by atoms with Crippen molar-refractivity contribution in [3.05, 3.63) is 29.3 Å². The largest absolute Gasteiger partial charge is 0.293 e. The minimum atomic E-state index is -0.0744. The fourth-order valence-electron chi connectivity index (χ4n) is 1.62. The number of nitrogens with zero attached hydrogens (tertiary/aromatic N) is 1. The Balaban J connectivity index is 2.53. The Morgan fingerprint density at radius 1 is 1.43 bits per heavy atom. The smallest absolute Gasteiger partial charge is 0.173 e. The lowest BCUT2D eigenvalue weighted by molar-refractivity contribution is 0.0962. The number of aliphatic imine (C=N–C) groups is 1. The Kier molecular flexibility index (Phi) is 2.20. The molecule has 1 heterocycles. The van der Waals surface area contributed by atoms with Gasteiger partial charge in [0, 0.05) is 11.8 Å². The number of benzene rings is 1. The highest BCUT2D eigenvalue weighted by atomic mass is 16.1. The monoisotopic (exact) mass is 187 g/mol. The van der Waals surface area contributed by atoms with Crippen molar-refractivity contribution in [1.82, 2.24) is 0 Å². The number of rotatable bonds is 1. The molecule has 72 valence electrons. The molecule has 0 N–H and O–H groups in total. The molecule has 1 aliphatic heterocycles. The van der Waals surface area contributed by atoms with E-state index in [1.165, 1.54) is 5.56 Å². The third-order valence-electron chi connectivity index (χ3n) is 2.59. The average Bonchev–Trinajstić information content (AvgIpc) is 2.23. The van der Waals surface area contributed by atoms with Crippen LogP contribution < -0.4 is 0 Å². The summed E-state index contributed by atoms with van der Waals surface area (Å²) >= 11 is 0. The third kappa shape index (κ3) is 1.37. The molecule has 0 aromatic heterocycles. The predicted molar refractivity (Wildman–Crippen MR) is 57.5 cm³/mol. The van der Waals surface area contributed by atoms with E-state index >= 15 is 0 Å². The van der Waals surface area contributed by atoms with E-state index in [1.54, 1.807) is 6.21 Å². The lowest BCUT2D eigenvalue weighted by atomic mass is 9.94. The molecule has 0 saturated carbocycles. The van der Waals surface area contributed by atoms with Crippen molar-refractivity contribution in [2.75, 3.05) is 0 Å². The molecule has 1 aliphatic rings. The van der Waals surface area contributed by atoms with Gasteiger partial charge in [-0.25, -0.2) is 0 Å². The molecule has 0 radical (unpaired) electrons. The van der Waals surface area contributed by atoms with Crippen molar-refractivity contribution >= 4 is 17.7 Å². The summed E-state index contributed by atoms with van der Waals surface area (Å²) in [6, 6.07) is 5.92. The molecule has 0 bridgehead atoms. The molecule has 1 aromatic rings. The van der Waals surface area contributed by atoms with Crippen LogP contribution >= 0.6 is 0 Å². The molecule has 1 unspecified atom stereocenters. The van der Waals surface area contributed by atoms with E-state index < -0.39 is 0 Å². The first-order valence-corrected chi connectivity index (χ1v) is 4.93. The normalized spacial score (nSPS) is 19.6. The second-order valence-electron chi connectivity index (χ2n) is 3.64. The minimum absolute atomic E-state index is 0.0744. The fraction of sp³-hybridized carbons (Fsp3) is 0.333. The van der Waals surface area contributed by atoms with Gasteiger partial charge in [-0.2, -0.15) is 0 Å². The van der Waals surface area contributed by atoms with Crippen LogP contribution in [-0.2, 0) is 6.42 Å². The molecule has 0 saturated heterocycles. The van der Waals surface area contributed by atoms with Gasteiger partial charge in [0.05, 0.1) is 11.6 Å². The van der Waals surface area contributed by atoms with Crippen LogP contribution in [0.3, 0.4) is 0 Å². The summed E-state index contributed by atoms with van der Waals surface area (Å²) in [7, 11) is 0. The van der Waals surface area contributed by atoms with Gasteiger partial charge in [0.1, 0.15) is 0 Å². The first-order chi connectivity index (χ1) is 6.72. The number of hydrogen-bond acceptors (Lipinski definition) is 2. The van der Waals surface area contributed by atoms with Crippen LogP contribution in [0.5, 0.6) is 0 Å². The van der Waals surface area contributed by atoms with E-state index in [2.05, 4.69) is 11.9 Å². The van der Waals surface area contributed by atoms with Gasteiger partial charge < -0.3 is 0 Å². The van der Waals surface area contributed by atoms with Crippen molar-refractivity contribution in [2.45, 2.75) is 20.3 Å². The second kappa shape index (κ2) is 3.37. The maximum Gasteiger partial charge on any atom is 0.173 e. The number of ketones is 1. The zero-order valence-electron chi connectivity index (χ0n) is 8.45. The van der Waals surface area contributed by atoms with Crippen molar-refractivity contribution in [1.29, 1.82) is 0 Å². The second-order valence-corrected chi connectivity index (χ2v) is 3.64. The summed E-state index contributed by atoms with van der Waals surface area (Å²) in [6.45, 7) is 3.97. The SMILES string of the molecule is CCc1ccc2c(c1)C(=O)C(C)C=N2. The standard InChI is InChI=1S/C12H13NO/c1-3-9-4-5-11-10(6-9)12(14)8(2)7-13-11/h4-8H,3H2,1-2H3. The highest BCUT2D eigenvalue weighted by Gasteiger charge is 2.20. The van der Waals surface area contributed by atoms with Crippen LogP contribution in [0.4, 0.5) is 5.69 Å². The summed E-state index contributed by atoms with van der Waals surface area (Å²) in [5, 5.41) is 0. The first-order valence-electron chi connectivity index (χ1n) is 4.93. The molecular formula is C12H13NO. The van der Waals surface area contributed by atoms with Crippen LogP contribution in [-0.4, -0.2) is 12.0 Å². The van der Waals surface area contributed by atoms with E-state index in [4.69, 9.17) is 0 Å². The van der Waals surface area contributed by atoms with Gasteiger partial charge in [0.15, 0.2) is 5.78 Å². The van der Waals surface area contributed by atoms with Crippen LogP contribution in [0.15, 0.2) is 23.2 Å². The topological polar surface area (TPSA) is 29.4 Å². The van der Waals surface area contributed by atoms with Gasteiger partial charge in [-0.15, -0.1) is 0 Å². The highest BCUT2D eigenvalue weighted by Crippen LogP contribution is 2.27. The van der Waals surface area contributed by atoms with Crippen LogP contribution in [0.1, 0.15) is 29.8 Å². The van der Waals surface area contributed by atoms with E-state index in [-0.39, 0.29) is 11.7 Å². The summed E-state index contributed by atoms with van der Waals surface area (Å²) in [5.41, 5.74) is 2.78. The molecule has 0 aliphatic carbocycles. The van der Waals surface area contributed by atoms with Gasteiger partial charge >= 0.3 is 0 Å². The Labute approximate surface area is 83.7 Å². The van der Waals surface area contributed by atoms with E-state index in [1.807, 2.05) is 25.1 Å². The molecule has 1 atom stereocenters. The van der Waals surface area contributed by atoms with Crippen molar-refractivity contribution < 1.29 is 4.79 Å². The van der Waals surface area contributed by atoms with Gasteiger partial charge in [-0.3, -0.25) is 9.79 Å². The lowest BCUT2D eigenvalue weighted by Gasteiger charge is -2.14. The van der Waals surface area contributed by atoms with Crippen molar-refractivity contribution in [3.8, 4) is 0 Å². The van der Waals surface area contributed by atoms with E-state index in [0.717, 1.165) is 17.7 Å². The molecule has 0 fully saturated rings. The maximum atomic E-state index is 11.8. The summed E-state index contributed by atoms with van der Waals surface area (Å²) < 4.78 is 0. The van der Waals surface area contributed by atoms with E-state index in [0.29, 0.717) is 0 Å². The molecule has 0 spiro atoms. The molecule has 1 aromatic carbocycles. The Hall–Kier alpha value is -1.44. The third-order valence-corrected chi connectivity index (χ3v) is 2.59. The molecular weight excluding hydrogens is 174 g/mol. The highest BCUT2D eigenvalue weighted by molar-refractivity contribution is 6.12. The van der Waals surface area contributed by atoms with Gasteiger partial charge in [0.25, 0.3) is 0 Å².